The van der Waals surface area contributed by atoms with Gasteiger partial charge in [-0.3, -0.25) is 4.79 Å². The summed E-state index contributed by atoms with van der Waals surface area (Å²) in [5.41, 5.74) is 0.968. The standard InChI is InChI=1S/C14H19BrN2O2/c1-3-19-14(18)11-5-4-8-17(9-11)13-7-6-12(15)10(2)16-13/h6-7,11H,3-5,8-9H2,1-2H3. The number of carbonyl (C=O) groups is 1. The van der Waals surface area contributed by atoms with Gasteiger partial charge >= 0.3 is 5.97 Å². The van der Waals surface area contributed by atoms with E-state index in [0.29, 0.717) is 13.2 Å². The van der Waals surface area contributed by atoms with Gasteiger partial charge in [-0.25, -0.2) is 4.98 Å². The van der Waals surface area contributed by atoms with Crippen molar-refractivity contribution >= 4 is 27.7 Å². The van der Waals surface area contributed by atoms with Crippen LogP contribution in [0.15, 0.2) is 16.6 Å². The van der Waals surface area contributed by atoms with Gasteiger partial charge in [-0.05, 0) is 54.8 Å². The number of rotatable bonds is 3. The van der Waals surface area contributed by atoms with E-state index in [4.69, 9.17) is 4.74 Å². The highest BCUT2D eigenvalue weighted by Gasteiger charge is 2.27. The van der Waals surface area contributed by atoms with Gasteiger partial charge in [-0.2, -0.15) is 0 Å². The molecule has 5 heteroatoms. The Morgan fingerprint density at radius 3 is 3.05 bits per heavy atom. The molecule has 19 heavy (non-hydrogen) atoms. The maximum atomic E-state index is 11.8. The number of piperidine rings is 1. The van der Waals surface area contributed by atoms with Gasteiger partial charge in [0.25, 0.3) is 0 Å². The molecule has 1 aliphatic heterocycles. The third kappa shape index (κ3) is 3.47. The number of ether oxygens (including phenoxy) is 1. The first kappa shape index (κ1) is 14.3. The van der Waals surface area contributed by atoms with Crippen LogP contribution < -0.4 is 4.90 Å². The van der Waals surface area contributed by atoms with Gasteiger partial charge in [0.15, 0.2) is 0 Å². The molecule has 0 bridgehead atoms. The van der Waals surface area contributed by atoms with Crippen LogP contribution in [0.25, 0.3) is 0 Å². The van der Waals surface area contributed by atoms with Crippen LogP contribution in [-0.2, 0) is 9.53 Å². The number of hydrogen-bond acceptors (Lipinski definition) is 4. The van der Waals surface area contributed by atoms with Crippen LogP contribution in [0.2, 0.25) is 0 Å². The topological polar surface area (TPSA) is 42.4 Å². The molecule has 0 radical (unpaired) electrons. The average molecular weight is 327 g/mol. The molecular formula is C14H19BrN2O2. The van der Waals surface area contributed by atoms with Crippen LogP contribution in [0, 0.1) is 12.8 Å². The van der Waals surface area contributed by atoms with E-state index in [1.54, 1.807) is 0 Å². The summed E-state index contributed by atoms with van der Waals surface area (Å²) < 4.78 is 6.12. The summed E-state index contributed by atoms with van der Waals surface area (Å²) in [6.07, 6.45) is 1.91. The zero-order chi connectivity index (χ0) is 13.8. The summed E-state index contributed by atoms with van der Waals surface area (Å²) in [7, 11) is 0. The average Bonchev–Trinajstić information content (AvgIpc) is 2.42. The minimum atomic E-state index is -0.0824. The second-order valence-corrected chi connectivity index (χ2v) is 5.63. The van der Waals surface area contributed by atoms with E-state index in [-0.39, 0.29) is 11.9 Å². The molecule has 0 aromatic carbocycles. The number of pyridine rings is 1. The number of hydrogen-bond donors (Lipinski definition) is 0. The Kier molecular flexibility index (Phi) is 4.80. The zero-order valence-electron chi connectivity index (χ0n) is 11.4. The van der Waals surface area contributed by atoms with Crippen LogP contribution in [-0.4, -0.2) is 30.6 Å². The van der Waals surface area contributed by atoms with Crippen LogP contribution >= 0.6 is 15.9 Å². The number of carbonyl (C=O) groups excluding carboxylic acids is 1. The fourth-order valence-electron chi connectivity index (χ4n) is 2.34. The van der Waals surface area contributed by atoms with E-state index < -0.39 is 0 Å². The predicted octanol–water partition coefficient (Wildman–Crippen LogP) is 2.93. The van der Waals surface area contributed by atoms with Gasteiger partial charge in [0, 0.05) is 17.6 Å². The second-order valence-electron chi connectivity index (χ2n) is 4.77. The molecule has 4 nitrogen and oxygen atoms in total. The van der Waals surface area contributed by atoms with Crippen LogP contribution in [0.5, 0.6) is 0 Å². The first-order chi connectivity index (χ1) is 9.11. The van der Waals surface area contributed by atoms with E-state index in [1.165, 1.54) is 0 Å². The predicted molar refractivity (Wildman–Crippen MR) is 78.2 cm³/mol. The van der Waals surface area contributed by atoms with Crippen LogP contribution in [0.3, 0.4) is 0 Å². The van der Waals surface area contributed by atoms with Gasteiger partial charge in [0.05, 0.1) is 18.2 Å². The van der Waals surface area contributed by atoms with Crippen molar-refractivity contribution in [2.24, 2.45) is 5.92 Å². The number of anilines is 1. The van der Waals surface area contributed by atoms with Gasteiger partial charge in [-0.15, -0.1) is 0 Å². The SMILES string of the molecule is CCOC(=O)C1CCCN(c2ccc(Br)c(C)n2)C1. The Balaban J connectivity index is 2.08. The molecule has 1 saturated heterocycles. The van der Waals surface area contributed by atoms with Crippen LogP contribution in [0.4, 0.5) is 5.82 Å². The Hall–Kier alpha value is -1.10. The minimum absolute atomic E-state index is 0.0283. The lowest BCUT2D eigenvalue weighted by atomic mass is 9.98. The molecule has 0 saturated carbocycles. The highest BCUT2D eigenvalue weighted by Crippen LogP contribution is 2.24. The van der Waals surface area contributed by atoms with Crippen molar-refractivity contribution < 1.29 is 9.53 Å². The lowest BCUT2D eigenvalue weighted by Gasteiger charge is -2.32. The van der Waals surface area contributed by atoms with Crippen LogP contribution in [0.1, 0.15) is 25.5 Å². The first-order valence-corrected chi connectivity index (χ1v) is 7.46. The largest absolute Gasteiger partial charge is 0.466 e. The lowest BCUT2D eigenvalue weighted by molar-refractivity contribution is -0.148. The van der Waals surface area contributed by atoms with Crippen molar-refractivity contribution in [3.8, 4) is 0 Å². The van der Waals surface area contributed by atoms with E-state index in [2.05, 4.69) is 25.8 Å². The van der Waals surface area contributed by atoms with Gasteiger partial charge in [-0.1, -0.05) is 0 Å². The molecule has 2 heterocycles. The normalized spacial score (nSPS) is 19.3. The minimum Gasteiger partial charge on any atom is -0.466 e. The van der Waals surface area contributed by atoms with Gasteiger partial charge in [0.2, 0.25) is 0 Å². The molecule has 1 aliphatic rings. The van der Waals surface area contributed by atoms with Crippen molar-refractivity contribution in [1.82, 2.24) is 4.98 Å². The number of esters is 1. The van der Waals surface area contributed by atoms with Crippen molar-refractivity contribution in [1.29, 1.82) is 0 Å². The molecule has 0 amide bonds. The second kappa shape index (κ2) is 6.37. The van der Waals surface area contributed by atoms with E-state index in [0.717, 1.165) is 35.4 Å². The Labute approximate surface area is 122 Å². The molecule has 1 aromatic heterocycles. The fourth-order valence-corrected chi connectivity index (χ4v) is 2.57. The van der Waals surface area contributed by atoms with Gasteiger partial charge in [0.1, 0.15) is 5.82 Å². The molecular weight excluding hydrogens is 308 g/mol. The summed E-state index contributed by atoms with van der Waals surface area (Å²) in [6, 6.07) is 4.00. The van der Waals surface area contributed by atoms with E-state index in [1.807, 2.05) is 26.0 Å². The summed E-state index contributed by atoms with van der Waals surface area (Å²) in [4.78, 5) is 18.6. The number of aryl methyl sites for hydroxylation is 1. The number of halogens is 1. The molecule has 1 atom stereocenters. The quantitative estimate of drug-likeness (QED) is 0.801. The third-order valence-electron chi connectivity index (χ3n) is 3.37. The zero-order valence-corrected chi connectivity index (χ0v) is 12.9. The number of aromatic nitrogens is 1. The van der Waals surface area contributed by atoms with Crippen molar-refractivity contribution in [3.63, 3.8) is 0 Å². The molecule has 104 valence electrons. The smallest absolute Gasteiger partial charge is 0.310 e. The fraction of sp³-hybridized carbons (Fsp3) is 0.571. The maximum Gasteiger partial charge on any atom is 0.310 e. The Morgan fingerprint density at radius 2 is 2.37 bits per heavy atom. The summed E-state index contributed by atoms with van der Waals surface area (Å²) in [6.45, 7) is 5.92. The Morgan fingerprint density at radius 1 is 1.58 bits per heavy atom. The molecule has 2 rings (SSSR count). The van der Waals surface area contributed by atoms with Gasteiger partial charge < -0.3 is 9.64 Å². The van der Waals surface area contributed by atoms with Crippen molar-refractivity contribution in [3.05, 3.63) is 22.3 Å². The molecule has 1 unspecified atom stereocenters. The molecule has 0 N–H and O–H groups in total. The summed E-state index contributed by atoms with van der Waals surface area (Å²) in [5.74, 6) is 0.829. The van der Waals surface area contributed by atoms with E-state index in [9.17, 15) is 4.79 Å². The highest BCUT2D eigenvalue weighted by molar-refractivity contribution is 9.10. The summed E-state index contributed by atoms with van der Waals surface area (Å²) >= 11 is 3.45. The third-order valence-corrected chi connectivity index (χ3v) is 4.21. The highest BCUT2D eigenvalue weighted by atomic mass is 79.9. The number of nitrogens with zero attached hydrogens (tertiary/aromatic N) is 2. The molecule has 1 fully saturated rings. The van der Waals surface area contributed by atoms with Crippen molar-refractivity contribution in [2.45, 2.75) is 26.7 Å². The molecule has 0 aliphatic carbocycles. The molecule has 1 aromatic rings. The van der Waals surface area contributed by atoms with Crippen molar-refractivity contribution in [2.75, 3.05) is 24.6 Å². The monoisotopic (exact) mass is 326 g/mol. The molecule has 0 spiro atoms. The lowest BCUT2D eigenvalue weighted by Crippen LogP contribution is -2.39. The van der Waals surface area contributed by atoms with E-state index >= 15 is 0 Å². The first-order valence-electron chi connectivity index (χ1n) is 6.66. The summed E-state index contributed by atoms with van der Waals surface area (Å²) in [5, 5.41) is 0. The maximum absolute atomic E-state index is 11.8. The Bertz CT molecular complexity index is 465.